The van der Waals surface area contributed by atoms with E-state index in [0.29, 0.717) is 11.5 Å². The van der Waals surface area contributed by atoms with E-state index in [9.17, 15) is 10.2 Å². The van der Waals surface area contributed by atoms with Gasteiger partial charge in [-0.25, -0.2) is 0 Å². The van der Waals surface area contributed by atoms with E-state index in [-0.39, 0.29) is 7.43 Å². The molecule has 2 heteroatoms. The Labute approximate surface area is 149 Å². The number of hydrogen-bond donors (Lipinski definition) is 2. The maximum absolute atomic E-state index is 9.50. The van der Waals surface area contributed by atoms with Crippen molar-refractivity contribution >= 4 is 21.5 Å². The van der Waals surface area contributed by atoms with Gasteiger partial charge in [0.1, 0.15) is 11.5 Å². The average molecular weight is 332 g/mol. The van der Waals surface area contributed by atoms with Crippen LogP contribution in [0.3, 0.4) is 0 Å². The van der Waals surface area contributed by atoms with Crippen molar-refractivity contribution in [2.75, 3.05) is 0 Å². The first-order valence-electron chi connectivity index (χ1n) is 7.92. The van der Waals surface area contributed by atoms with Crippen molar-refractivity contribution in [2.45, 2.75) is 21.3 Å². The number of benzene rings is 4. The van der Waals surface area contributed by atoms with E-state index in [1.165, 1.54) is 11.1 Å². The van der Waals surface area contributed by atoms with E-state index in [1.807, 2.05) is 74.5 Å². The highest BCUT2D eigenvalue weighted by Crippen LogP contribution is 2.26. The molecule has 4 aromatic carbocycles. The Hall–Kier alpha value is -3.00. The van der Waals surface area contributed by atoms with Gasteiger partial charge in [0.15, 0.2) is 0 Å². The van der Waals surface area contributed by atoms with Gasteiger partial charge in [0.25, 0.3) is 0 Å². The van der Waals surface area contributed by atoms with Gasteiger partial charge in [-0.05, 0) is 47.9 Å². The minimum absolute atomic E-state index is 0. The van der Waals surface area contributed by atoms with Crippen LogP contribution in [0.2, 0.25) is 0 Å². The largest absolute Gasteiger partial charge is 0.507 e. The van der Waals surface area contributed by atoms with Gasteiger partial charge in [-0.1, -0.05) is 68.1 Å². The minimum atomic E-state index is 0. The normalized spacial score (nSPS) is 10.0. The Balaban J connectivity index is 0.000000173. The average Bonchev–Trinajstić information content (AvgIpc) is 2.58. The standard InChI is InChI=1S/2C11H10O.CH4/c2*1-8-4-2-6-10-9(8)5-3-7-11(10)12;/h2*2-7,12H,1H3;1H4. The molecule has 0 aliphatic carbocycles. The molecule has 4 rings (SSSR count). The lowest BCUT2D eigenvalue weighted by Crippen LogP contribution is -1.77. The third-order valence-electron chi connectivity index (χ3n) is 4.23. The molecule has 2 nitrogen and oxygen atoms in total. The van der Waals surface area contributed by atoms with Crippen LogP contribution in [0, 0.1) is 13.8 Å². The summed E-state index contributed by atoms with van der Waals surface area (Å²) in [5, 5.41) is 23.1. The molecule has 128 valence electrons. The molecule has 2 N–H and O–H groups in total. The van der Waals surface area contributed by atoms with Gasteiger partial charge in [0.2, 0.25) is 0 Å². The first-order valence-corrected chi connectivity index (χ1v) is 7.92. The molecule has 0 saturated carbocycles. The van der Waals surface area contributed by atoms with Crippen LogP contribution in [0.4, 0.5) is 0 Å². The highest BCUT2D eigenvalue weighted by molar-refractivity contribution is 5.91. The summed E-state index contributed by atoms with van der Waals surface area (Å²) < 4.78 is 0. The van der Waals surface area contributed by atoms with E-state index < -0.39 is 0 Å². The van der Waals surface area contributed by atoms with E-state index in [2.05, 4.69) is 0 Å². The SMILES string of the molecule is C.Cc1cccc2c(O)cccc12.Cc1cccc2c(O)cccc12. The fraction of sp³-hybridized carbons (Fsp3) is 0.130. The second-order valence-electron chi connectivity index (χ2n) is 5.89. The predicted molar refractivity (Wildman–Crippen MR) is 107 cm³/mol. The lowest BCUT2D eigenvalue weighted by Gasteiger charge is -2.02. The number of fused-ring (bicyclic) bond motifs is 2. The third kappa shape index (κ3) is 3.74. The summed E-state index contributed by atoms with van der Waals surface area (Å²) in [5.74, 6) is 0.715. The fourth-order valence-corrected chi connectivity index (χ4v) is 2.90. The molecular formula is C23H24O2. The van der Waals surface area contributed by atoms with Crippen molar-refractivity contribution in [3.8, 4) is 11.5 Å². The first kappa shape index (κ1) is 18.3. The molecule has 0 bridgehead atoms. The summed E-state index contributed by atoms with van der Waals surface area (Å²) in [5.41, 5.74) is 2.40. The summed E-state index contributed by atoms with van der Waals surface area (Å²) >= 11 is 0. The number of phenols is 2. The van der Waals surface area contributed by atoms with Crippen molar-refractivity contribution in [3.63, 3.8) is 0 Å². The van der Waals surface area contributed by atoms with E-state index in [0.717, 1.165) is 21.5 Å². The molecule has 0 spiro atoms. The van der Waals surface area contributed by atoms with Crippen molar-refractivity contribution in [3.05, 3.63) is 83.9 Å². The zero-order valence-corrected chi connectivity index (χ0v) is 13.8. The zero-order chi connectivity index (χ0) is 17.1. The third-order valence-corrected chi connectivity index (χ3v) is 4.23. The second-order valence-corrected chi connectivity index (χ2v) is 5.89. The quantitative estimate of drug-likeness (QED) is 0.394. The smallest absolute Gasteiger partial charge is 0.123 e. The number of rotatable bonds is 0. The highest BCUT2D eigenvalue weighted by Gasteiger charge is 1.99. The second kappa shape index (κ2) is 7.71. The van der Waals surface area contributed by atoms with E-state index in [4.69, 9.17) is 0 Å². The number of aryl methyl sites for hydroxylation is 2. The minimum Gasteiger partial charge on any atom is -0.507 e. The van der Waals surface area contributed by atoms with Gasteiger partial charge >= 0.3 is 0 Å². The van der Waals surface area contributed by atoms with Crippen LogP contribution in [0.15, 0.2) is 72.8 Å². The Kier molecular flexibility index (Phi) is 5.66. The van der Waals surface area contributed by atoms with Crippen molar-refractivity contribution < 1.29 is 10.2 Å². The summed E-state index contributed by atoms with van der Waals surface area (Å²) in [6, 6.07) is 23.0. The molecule has 0 unspecified atom stereocenters. The molecule has 0 amide bonds. The number of aromatic hydroxyl groups is 2. The number of hydrogen-bond acceptors (Lipinski definition) is 2. The molecule has 0 radical (unpaired) electrons. The lowest BCUT2D eigenvalue weighted by atomic mass is 10.1. The van der Waals surface area contributed by atoms with Gasteiger partial charge in [-0.3, -0.25) is 0 Å². The lowest BCUT2D eigenvalue weighted by molar-refractivity contribution is 0.481. The first-order chi connectivity index (χ1) is 11.6. The molecule has 0 heterocycles. The molecule has 0 fully saturated rings. The predicted octanol–water partition coefficient (Wildman–Crippen LogP) is 6.34. The summed E-state index contributed by atoms with van der Waals surface area (Å²) in [6.07, 6.45) is 0. The Morgan fingerprint density at radius 3 is 1.16 bits per heavy atom. The van der Waals surface area contributed by atoms with Gasteiger partial charge in [0.05, 0.1) is 0 Å². The van der Waals surface area contributed by atoms with Crippen LogP contribution in [0.1, 0.15) is 18.6 Å². The maximum atomic E-state index is 9.50. The topological polar surface area (TPSA) is 40.5 Å². The molecular weight excluding hydrogens is 308 g/mol. The maximum Gasteiger partial charge on any atom is 0.123 e. The van der Waals surface area contributed by atoms with E-state index >= 15 is 0 Å². The van der Waals surface area contributed by atoms with Crippen LogP contribution in [0.5, 0.6) is 11.5 Å². The van der Waals surface area contributed by atoms with E-state index in [1.54, 1.807) is 12.1 Å². The number of phenolic OH excluding ortho intramolecular Hbond substituents is 2. The molecule has 0 aliphatic heterocycles. The fourth-order valence-electron chi connectivity index (χ4n) is 2.90. The molecule has 0 aliphatic rings. The van der Waals surface area contributed by atoms with Crippen molar-refractivity contribution in [2.24, 2.45) is 0 Å². The molecule has 0 aromatic heterocycles. The van der Waals surface area contributed by atoms with Gasteiger partial charge in [-0.2, -0.15) is 0 Å². The summed E-state index contributed by atoms with van der Waals surface area (Å²) in [6.45, 7) is 4.09. The van der Waals surface area contributed by atoms with Crippen molar-refractivity contribution in [1.29, 1.82) is 0 Å². The summed E-state index contributed by atoms with van der Waals surface area (Å²) in [7, 11) is 0. The van der Waals surface area contributed by atoms with Crippen LogP contribution in [-0.4, -0.2) is 10.2 Å². The Morgan fingerprint density at radius 2 is 0.800 bits per heavy atom. The molecule has 25 heavy (non-hydrogen) atoms. The van der Waals surface area contributed by atoms with Crippen molar-refractivity contribution in [1.82, 2.24) is 0 Å². The van der Waals surface area contributed by atoms with Crippen LogP contribution >= 0.6 is 0 Å². The molecule has 0 atom stereocenters. The van der Waals surface area contributed by atoms with Gasteiger partial charge < -0.3 is 10.2 Å². The molecule has 4 aromatic rings. The monoisotopic (exact) mass is 332 g/mol. The van der Waals surface area contributed by atoms with Gasteiger partial charge in [-0.15, -0.1) is 0 Å². The van der Waals surface area contributed by atoms with Crippen LogP contribution in [0.25, 0.3) is 21.5 Å². The zero-order valence-electron chi connectivity index (χ0n) is 13.8. The Morgan fingerprint density at radius 1 is 0.480 bits per heavy atom. The van der Waals surface area contributed by atoms with Crippen LogP contribution < -0.4 is 0 Å². The Bertz CT molecular complexity index is 837. The highest BCUT2D eigenvalue weighted by atomic mass is 16.3. The summed E-state index contributed by atoms with van der Waals surface area (Å²) in [4.78, 5) is 0. The molecule has 0 saturated heterocycles. The van der Waals surface area contributed by atoms with Gasteiger partial charge in [0, 0.05) is 10.8 Å². The van der Waals surface area contributed by atoms with Crippen LogP contribution in [-0.2, 0) is 0 Å².